The molecule has 0 heterocycles. The van der Waals surface area contributed by atoms with Gasteiger partial charge in [-0.1, -0.05) is 0 Å². The van der Waals surface area contributed by atoms with Gasteiger partial charge in [-0.2, -0.15) is 0 Å². The van der Waals surface area contributed by atoms with Crippen molar-refractivity contribution in [1.82, 2.24) is 0 Å². The van der Waals surface area contributed by atoms with Crippen molar-refractivity contribution < 1.29 is 19.7 Å². The van der Waals surface area contributed by atoms with E-state index >= 15 is 0 Å². The smallest absolute Gasteiger partial charge is 0.338 e. The van der Waals surface area contributed by atoms with Gasteiger partial charge in [0.1, 0.15) is 0 Å². The van der Waals surface area contributed by atoms with Gasteiger partial charge in [-0.05, 0) is 12.1 Å². The van der Waals surface area contributed by atoms with Gasteiger partial charge in [-0.25, -0.2) is 4.79 Å². The SMILES string of the molecule is COC(=O)c1cc(N)c(O)c(O)c1. The Morgan fingerprint density at radius 3 is 2.54 bits per heavy atom. The van der Waals surface area contributed by atoms with Crippen LogP contribution in [0.15, 0.2) is 12.1 Å². The first-order valence-corrected chi connectivity index (χ1v) is 3.46. The number of esters is 1. The van der Waals surface area contributed by atoms with Gasteiger partial charge in [0.15, 0.2) is 11.5 Å². The average Bonchev–Trinajstić information content (AvgIpc) is 2.12. The van der Waals surface area contributed by atoms with E-state index in [4.69, 9.17) is 15.9 Å². The Morgan fingerprint density at radius 2 is 2.08 bits per heavy atom. The molecule has 5 nitrogen and oxygen atoms in total. The number of hydrogen-bond acceptors (Lipinski definition) is 5. The predicted molar refractivity (Wildman–Crippen MR) is 45.5 cm³/mol. The minimum absolute atomic E-state index is 0.0691. The number of phenols is 2. The van der Waals surface area contributed by atoms with E-state index in [0.717, 1.165) is 6.07 Å². The van der Waals surface area contributed by atoms with E-state index in [0.29, 0.717) is 0 Å². The maximum atomic E-state index is 11.0. The van der Waals surface area contributed by atoms with E-state index in [-0.39, 0.29) is 11.3 Å². The molecular formula is C8H9NO4. The second-order valence-corrected chi connectivity index (χ2v) is 2.42. The Kier molecular flexibility index (Phi) is 2.27. The number of benzene rings is 1. The molecule has 0 bridgehead atoms. The first-order chi connectivity index (χ1) is 6.06. The molecule has 1 rings (SSSR count). The first kappa shape index (κ1) is 9.18. The summed E-state index contributed by atoms with van der Waals surface area (Å²) in [5.74, 6) is -1.50. The zero-order valence-electron chi connectivity index (χ0n) is 6.94. The van der Waals surface area contributed by atoms with Gasteiger partial charge in [0.05, 0.1) is 18.4 Å². The summed E-state index contributed by atoms with van der Waals surface area (Å²) in [7, 11) is 1.21. The highest BCUT2D eigenvalue weighted by Crippen LogP contribution is 2.32. The van der Waals surface area contributed by atoms with Gasteiger partial charge < -0.3 is 20.7 Å². The van der Waals surface area contributed by atoms with Crippen LogP contribution in [0.5, 0.6) is 11.5 Å². The van der Waals surface area contributed by atoms with Gasteiger partial charge in [-0.15, -0.1) is 0 Å². The van der Waals surface area contributed by atoms with Crippen molar-refractivity contribution in [3.05, 3.63) is 17.7 Å². The van der Waals surface area contributed by atoms with Crippen molar-refractivity contribution in [2.24, 2.45) is 0 Å². The van der Waals surface area contributed by atoms with Crippen LogP contribution in [0.4, 0.5) is 5.69 Å². The van der Waals surface area contributed by atoms with Crippen molar-refractivity contribution in [1.29, 1.82) is 0 Å². The number of rotatable bonds is 1. The van der Waals surface area contributed by atoms with E-state index in [1.807, 2.05) is 0 Å². The van der Waals surface area contributed by atoms with Crippen LogP contribution < -0.4 is 5.73 Å². The van der Waals surface area contributed by atoms with E-state index < -0.39 is 17.5 Å². The second kappa shape index (κ2) is 3.22. The van der Waals surface area contributed by atoms with Crippen molar-refractivity contribution >= 4 is 11.7 Å². The van der Waals surface area contributed by atoms with Crippen molar-refractivity contribution in [2.75, 3.05) is 12.8 Å². The molecular weight excluding hydrogens is 174 g/mol. The van der Waals surface area contributed by atoms with Crippen molar-refractivity contribution in [3.63, 3.8) is 0 Å². The summed E-state index contributed by atoms with van der Waals surface area (Å²) in [6.07, 6.45) is 0. The molecule has 0 fully saturated rings. The van der Waals surface area contributed by atoms with Gasteiger partial charge in [0.2, 0.25) is 0 Å². The summed E-state index contributed by atoms with van der Waals surface area (Å²) < 4.78 is 4.40. The highest BCUT2D eigenvalue weighted by atomic mass is 16.5. The number of nitrogen functional groups attached to an aromatic ring is 1. The Bertz CT molecular complexity index is 325. The highest BCUT2D eigenvalue weighted by Gasteiger charge is 2.11. The normalized spacial score (nSPS) is 9.62. The lowest BCUT2D eigenvalue weighted by molar-refractivity contribution is 0.0600. The molecule has 0 aliphatic carbocycles. The number of ether oxygens (including phenoxy) is 1. The summed E-state index contributed by atoms with van der Waals surface area (Å²) in [5.41, 5.74) is 5.32. The Morgan fingerprint density at radius 1 is 1.46 bits per heavy atom. The molecule has 0 radical (unpaired) electrons. The number of phenolic OH excluding ortho intramolecular Hbond substituents is 2. The third-order valence-corrected chi connectivity index (χ3v) is 1.54. The Hall–Kier alpha value is -1.91. The van der Waals surface area contributed by atoms with E-state index in [2.05, 4.69) is 4.74 Å². The van der Waals surface area contributed by atoms with Crippen LogP contribution in [0.25, 0.3) is 0 Å². The van der Waals surface area contributed by atoms with Gasteiger partial charge >= 0.3 is 5.97 Å². The molecule has 1 aromatic carbocycles. The highest BCUT2D eigenvalue weighted by molar-refractivity contribution is 5.91. The molecule has 0 aliphatic rings. The molecule has 1 aromatic rings. The topological polar surface area (TPSA) is 92.8 Å². The number of aromatic hydroxyl groups is 2. The average molecular weight is 183 g/mol. The van der Waals surface area contributed by atoms with E-state index in [1.54, 1.807) is 0 Å². The quantitative estimate of drug-likeness (QED) is 0.334. The van der Waals surface area contributed by atoms with Crippen LogP contribution >= 0.6 is 0 Å². The van der Waals surface area contributed by atoms with Gasteiger partial charge in [-0.3, -0.25) is 0 Å². The number of carbonyl (C=O) groups excluding carboxylic acids is 1. The number of methoxy groups -OCH3 is 1. The number of hydrogen-bond donors (Lipinski definition) is 3. The van der Waals surface area contributed by atoms with E-state index in [9.17, 15) is 4.79 Å². The summed E-state index contributed by atoms with van der Waals surface area (Å²) in [4.78, 5) is 11.0. The minimum atomic E-state index is -0.623. The number of nitrogens with two attached hydrogens (primary N) is 1. The number of carbonyl (C=O) groups is 1. The lowest BCUT2D eigenvalue weighted by Crippen LogP contribution is -2.02. The van der Waals surface area contributed by atoms with Crippen LogP contribution in [0.1, 0.15) is 10.4 Å². The third-order valence-electron chi connectivity index (χ3n) is 1.54. The molecule has 4 N–H and O–H groups in total. The first-order valence-electron chi connectivity index (χ1n) is 3.46. The van der Waals surface area contributed by atoms with Crippen molar-refractivity contribution in [3.8, 4) is 11.5 Å². The molecule has 0 unspecified atom stereocenters. The Labute approximate surface area is 74.4 Å². The van der Waals surface area contributed by atoms with Crippen LogP contribution in [0.2, 0.25) is 0 Å². The second-order valence-electron chi connectivity index (χ2n) is 2.42. The molecule has 0 saturated carbocycles. The molecule has 13 heavy (non-hydrogen) atoms. The summed E-state index contributed by atoms with van der Waals surface area (Å²) in [6.45, 7) is 0. The molecule has 5 heteroatoms. The fourth-order valence-electron chi connectivity index (χ4n) is 0.877. The monoisotopic (exact) mass is 183 g/mol. The summed E-state index contributed by atoms with van der Waals surface area (Å²) in [6, 6.07) is 2.30. The maximum Gasteiger partial charge on any atom is 0.338 e. The molecule has 0 saturated heterocycles. The van der Waals surface area contributed by atoms with Gasteiger partial charge in [0.25, 0.3) is 0 Å². The molecule has 0 spiro atoms. The lowest BCUT2D eigenvalue weighted by Gasteiger charge is -2.04. The minimum Gasteiger partial charge on any atom is -0.504 e. The molecule has 0 aliphatic heterocycles. The summed E-state index contributed by atoms with van der Waals surface area (Å²) in [5, 5.41) is 18.1. The maximum absolute atomic E-state index is 11.0. The molecule has 0 amide bonds. The molecule has 0 atom stereocenters. The molecule has 0 aromatic heterocycles. The van der Waals surface area contributed by atoms with E-state index in [1.165, 1.54) is 13.2 Å². The van der Waals surface area contributed by atoms with Crippen LogP contribution in [0.3, 0.4) is 0 Å². The number of anilines is 1. The van der Waals surface area contributed by atoms with Crippen LogP contribution in [0, 0.1) is 0 Å². The third kappa shape index (κ3) is 1.64. The summed E-state index contributed by atoms with van der Waals surface area (Å²) >= 11 is 0. The predicted octanol–water partition coefficient (Wildman–Crippen LogP) is 0.467. The van der Waals surface area contributed by atoms with Crippen molar-refractivity contribution in [2.45, 2.75) is 0 Å². The van der Waals surface area contributed by atoms with Crippen LogP contribution in [-0.4, -0.2) is 23.3 Å². The fourth-order valence-corrected chi connectivity index (χ4v) is 0.877. The Balaban J connectivity index is 3.20. The zero-order chi connectivity index (χ0) is 10.0. The molecule has 70 valence electrons. The fraction of sp³-hybridized carbons (Fsp3) is 0.125. The lowest BCUT2D eigenvalue weighted by atomic mass is 10.2. The zero-order valence-corrected chi connectivity index (χ0v) is 6.94. The largest absolute Gasteiger partial charge is 0.504 e. The van der Waals surface area contributed by atoms with Gasteiger partial charge in [0, 0.05) is 0 Å². The van der Waals surface area contributed by atoms with Crippen LogP contribution in [-0.2, 0) is 4.74 Å². The standard InChI is InChI=1S/C8H9NO4/c1-13-8(12)4-2-5(9)7(11)6(10)3-4/h2-3,10-11H,9H2,1H3.